The summed E-state index contributed by atoms with van der Waals surface area (Å²) in [6.07, 6.45) is 5.32. The topological polar surface area (TPSA) is 55.1 Å². The molecular weight excluding hydrogens is 271 g/mol. The molecule has 5 heteroatoms. The Morgan fingerprint density at radius 1 is 1.22 bits per heavy atom. The third kappa shape index (κ3) is 3.09. The van der Waals surface area contributed by atoms with Crippen LogP contribution in [0.3, 0.4) is 0 Å². The number of benzene rings is 1. The molecule has 0 spiro atoms. The molecule has 0 aliphatic heterocycles. The maximum absolute atomic E-state index is 12.1. The maximum Gasteiger partial charge on any atom is 0.227 e. The van der Waals surface area contributed by atoms with Gasteiger partial charge in [0, 0.05) is 10.9 Å². The molecule has 0 heterocycles. The minimum Gasteiger partial charge on any atom is -0.397 e. The number of amides is 1. The van der Waals surface area contributed by atoms with Crippen LogP contribution in [0.25, 0.3) is 0 Å². The van der Waals surface area contributed by atoms with Gasteiger partial charge in [-0.1, -0.05) is 42.5 Å². The average Bonchev–Trinajstić information content (AvgIpc) is 2.34. The average molecular weight is 287 g/mol. The molecule has 0 saturated heterocycles. The Bertz CT molecular complexity index is 433. The summed E-state index contributed by atoms with van der Waals surface area (Å²) >= 11 is 11.9. The van der Waals surface area contributed by atoms with Crippen molar-refractivity contribution in [3.05, 3.63) is 22.2 Å². The number of carbonyl (C=O) groups is 1. The molecule has 0 unspecified atom stereocenters. The van der Waals surface area contributed by atoms with Crippen molar-refractivity contribution in [3.63, 3.8) is 0 Å². The number of halogens is 2. The van der Waals surface area contributed by atoms with E-state index in [1.807, 2.05) is 0 Å². The molecule has 1 amide bonds. The first-order chi connectivity index (χ1) is 8.58. The smallest absolute Gasteiger partial charge is 0.227 e. The third-order valence-corrected chi connectivity index (χ3v) is 3.83. The van der Waals surface area contributed by atoms with Gasteiger partial charge < -0.3 is 11.1 Å². The van der Waals surface area contributed by atoms with Crippen LogP contribution in [0.15, 0.2) is 12.1 Å². The van der Waals surface area contributed by atoms with Gasteiger partial charge in [0.05, 0.1) is 16.4 Å². The van der Waals surface area contributed by atoms with Crippen molar-refractivity contribution in [2.24, 2.45) is 5.92 Å². The standard InChI is InChI=1S/C13H16Cl2N2O/c14-9-6-10(15)12(11(16)7-9)17-13(18)8-4-2-1-3-5-8/h6-8H,1-5,16H2,(H,17,18). The Morgan fingerprint density at radius 3 is 2.50 bits per heavy atom. The second-order valence-electron chi connectivity index (χ2n) is 4.68. The molecule has 1 saturated carbocycles. The second-order valence-corrected chi connectivity index (χ2v) is 5.52. The minimum atomic E-state index is 0.00521. The van der Waals surface area contributed by atoms with Crippen molar-refractivity contribution in [1.29, 1.82) is 0 Å². The molecule has 1 aromatic carbocycles. The van der Waals surface area contributed by atoms with Gasteiger partial charge in [-0.05, 0) is 25.0 Å². The van der Waals surface area contributed by atoms with Gasteiger partial charge in [-0.15, -0.1) is 0 Å². The van der Waals surface area contributed by atoms with Gasteiger partial charge in [-0.3, -0.25) is 4.79 Å². The van der Waals surface area contributed by atoms with E-state index >= 15 is 0 Å². The molecule has 1 aliphatic rings. The van der Waals surface area contributed by atoms with Crippen LogP contribution >= 0.6 is 23.2 Å². The first kappa shape index (κ1) is 13.5. The second kappa shape index (κ2) is 5.81. The third-order valence-electron chi connectivity index (χ3n) is 3.31. The highest BCUT2D eigenvalue weighted by atomic mass is 35.5. The lowest BCUT2D eigenvalue weighted by Crippen LogP contribution is -2.25. The van der Waals surface area contributed by atoms with E-state index in [0.29, 0.717) is 21.4 Å². The van der Waals surface area contributed by atoms with Crippen LogP contribution in [0.1, 0.15) is 32.1 Å². The van der Waals surface area contributed by atoms with Crippen LogP contribution in [0.5, 0.6) is 0 Å². The zero-order valence-electron chi connectivity index (χ0n) is 10.0. The highest BCUT2D eigenvalue weighted by Crippen LogP contribution is 2.33. The summed E-state index contributed by atoms with van der Waals surface area (Å²) in [4.78, 5) is 12.1. The summed E-state index contributed by atoms with van der Waals surface area (Å²) in [6, 6.07) is 3.17. The lowest BCUT2D eigenvalue weighted by molar-refractivity contribution is -0.120. The number of nitrogens with two attached hydrogens (primary N) is 1. The Morgan fingerprint density at radius 2 is 1.89 bits per heavy atom. The molecular formula is C13H16Cl2N2O. The lowest BCUT2D eigenvalue weighted by Gasteiger charge is -2.21. The van der Waals surface area contributed by atoms with E-state index in [1.54, 1.807) is 12.1 Å². The molecule has 1 fully saturated rings. The van der Waals surface area contributed by atoms with Crippen molar-refractivity contribution in [1.82, 2.24) is 0 Å². The summed E-state index contributed by atoms with van der Waals surface area (Å²) in [6.45, 7) is 0. The van der Waals surface area contributed by atoms with Crippen molar-refractivity contribution in [3.8, 4) is 0 Å². The zero-order valence-corrected chi connectivity index (χ0v) is 11.5. The first-order valence-electron chi connectivity index (χ1n) is 6.13. The molecule has 98 valence electrons. The van der Waals surface area contributed by atoms with Crippen LogP contribution in [-0.2, 0) is 4.79 Å². The first-order valence-corrected chi connectivity index (χ1v) is 6.89. The summed E-state index contributed by atoms with van der Waals surface area (Å²) in [5.74, 6) is 0.0792. The van der Waals surface area contributed by atoms with Gasteiger partial charge in [0.25, 0.3) is 0 Å². The molecule has 0 bridgehead atoms. The van der Waals surface area contributed by atoms with Gasteiger partial charge in [0.1, 0.15) is 0 Å². The summed E-state index contributed by atoms with van der Waals surface area (Å²) in [5, 5.41) is 3.67. The van der Waals surface area contributed by atoms with Crippen molar-refractivity contribution >= 4 is 40.5 Å². The molecule has 18 heavy (non-hydrogen) atoms. The summed E-state index contributed by atoms with van der Waals surface area (Å²) < 4.78 is 0. The van der Waals surface area contributed by atoms with E-state index < -0.39 is 0 Å². The van der Waals surface area contributed by atoms with Crippen molar-refractivity contribution in [2.45, 2.75) is 32.1 Å². The Labute approximate surface area is 117 Å². The van der Waals surface area contributed by atoms with Gasteiger partial charge >= 0.3 is 0 Å². The fourth-order valence-corrected chi connectivity index (χ4v) is 2.87. The normalized spacial score (nSPS) is 16.6. The fourth-order valence-electron chi connectivity index (χ4n) is 2.32. The number of hydrogen-bond donors (Lipinski definition) is 2. The van der Waals surface area contributed by atoms with Crippen molar-refractivity contribution < 1.29 is 4.79 Å². The van der Waals surface area contributed by atoms with E-state index in [9.17, 15) is 4.79 Å². The monoisotopic (exact) mass is 286 g/mol. The minimum absolute atomic E-state index is 0.00521. The van der Waals surface area contributed by atoms with Crippen LogP contribution < -0.4 is 11.1 Å². The van der Waals surface area contributed by atoms with E-state index in [-0.39, 0.29) is 11.8 Å². The number of anilines is 2. The van der Waals surface area contributed by atoms with Gasteiger partial charge in [0.15, 0.2) is 0 Å². The van der Waals surface area contributed by atoms with Crippen LogP contribution in [0.2, 0.25) is 10.0 Å². The van der Waals surface area contributed by atoms with Crippen molar-refractivity contribution in [2.75, 3.05) is 11.1 Å². The molecule has 1 aromatic rings. The molecule has 2 rings (SSSR count). The Kier molecular flexibility index (Phi) is 4.36. The quantitative estimate of drug-likeness (QED) is 0.805. The zero-order chi connectivity index (χ0) is 13.1. The summed E-state index contributed by atoms with van der Waals surface area (Å²) in [7, 11) is 0. The largest absolute Gasteiger partial charge is 0.397 e. The van der Waals surface area contributed by atoms with Gasteiger partial charge in [0.2, 0.25) is 5.91 Å². The predicted molar refractivity (Wildman–Crippen MR) is 76.1 cm³/mol. The highest BCUT2D eigenvalue weighted by molar-refractivity contribution is 6.37. The van der Waals surface area contributed by atoms with E-state index in [0.717, 1.165) is 25.7 Å². The SMILES string of the molecule is Nc1cc(Cl)cc(Cl)c1NC(=O)C1CCCCC1. The van der Waals surface area contributed by atoms with Crippen LogP contribution in [0.4, 0.5) is 11.4 Å². The van der Waals surface area contributed by atoms with E-state index in [2.05, 4.69) is 5.32 Å². The maximum atomic E-state index is 12.1. The highest BCUT2D eigenvalue weighted by Gasteiger charge is 2.22. The van der Waals surface area contributed by atoms with Crippen LogP contribution in [-0.4, -0.2) is 5.91 Å². The molecule has 3 N–H and O–H groups in total. The molecule has 0 aromatic heterocycles. The number of rotatable bonds is 2. The number of carbonyl (C=O) groups excluding carboxylic acids is 1. The molecule has 0 atom stereocenters. The fraction of sp³-hybridized carbons (Fsp3) is 0.462. The van der Waals surface area contributed by atoms with Crippen LogP contribution in [0, 0.1) is 5.92 Å². The number of nitrogens with one attached hydrogen (secondary N) is 1. The van der Waals surface area contributed by atoms with E-state index in [1.165, 1.54) is 6.42 Å². The molecule has 3 nitrogen and oxygen atoms in total. The Hall–Kier alpha value is -0.930. The molecule has 0 radical (unpaired) electrons. The molecule has 1 aliphatic carbocycles. The lowest BCUT2D eigenvalue weighted by atomic mass is 9.88. The number of nitrogen functional groups attached to an aromatic ring is 1. The van der Waals surface area contributed by atoms with Gasteiger partial charge in [-0.25, -0.2) is 0 Å². The Balaban J connectivity index is 2.11. The predicted octanol–water partition coefficient (Wildman–Crippen LogP) is 4.09. The summed E-state index contributed by atoms with van der Waals surface area (Å²) in [5.41, 5.74) is 6.69. The van der Waals surface area contributed by atoms with Gasteiger partial charge in [-0.2, -0.15) is 0 Å². The number of hydrogen-bond acceptors (Lipinski definition) is 2. The van der Waals surface area contributed by atoms with E-state index in [4.69, 9.17) is 28.9 Å².